The van der Waals surface area contributed by atoms with E-state index < -0.39 is 11.5 Å². The van der Waals surface area contributed by atoms with E-state index in [9.17, 15) is 9.59 Å². The van der Waals surface area contributed by atoms with Crippen molar-refractivity contribution in [2.75, 3.05) is 18.1 Å². The second-order valence-electron chi connectivity index (χ2n) is 8.88. The van der Waals surface area contributed by atoms with Gasteiger partial charge in [0.25, 0.3) is 5.56 Å². The zero-order valence-electron chi connectivity index (χ0n) is 20.6. The van der Waals surface area contributed by atoms with Gasteiger partial charge in [0.2, 0.25) is 0 Å². The van der Waals surface area contributed by atoms with Crippen LogP contribution in [0.4, 0.5) is 11.5 Å². The minimum Gasteiger partial charge on any atom is -0.462 e. The Kier molecular flexibility index (Phi) is 15.4. The fraction of sp³-hybridized carbons (Fsp3) is 0.769. The van der Waals surface area contributed by atoms with E-state index in [1.165, 1.54) is 94.1 Å². The highest BCUT2D eigenvalue weighted by atomic mass is 16.5. The Morgan fingerprint density at radius 1 is 0.781 bits per heavy atom. The maximum Gasteiger partial charge on any atom is 0.345 e. The number of carbonyl (C=O) groups excluding carboxylic acids is 1. The molecule has 1 aromatic rings. The second-order valence-corrected chi connectivity index (χ2v) is 8.88. The first-order valence-corrected chi connectivity index (χ1v) is 13.0. The number of unbranched alkanes of at least 4 members (excludes halogenated alkanes) is 15. The van der Waals surface area contributed by atoms with Gasteiger partial charge in [-0.05, 0) is 13.3 Å². The molecule has 0 saturated carbocycles. The topological polar surface area (TPSA) is 100 Å². The molecule has 1 heterocycles. The predicted octanol–water partition coefficient (Wildman–Crippen LogP) is 6.45. The molecule has 0 saturated heterocycles. The van der Waals surface area contributed by atoms with Crippen LogP contribution in [0.1, 0.15) is 127 Å². The molecule has 0 spiro atoms. The SMILES string of the molecule is CCCCCCCCCCCCCCCCCCn1c(N)cc(N)c(C(=O)OCC)c1=O. The van der Waals surface area contributed by atoms with E-state index >= 15 is 0 Å². The minimum absolute atomic E-state index is 0.0779. The Hall–Kier alpha value is -1.98. The molecule has 0 aliphatic heterocycles. The van der Waals surface area contributed by atoms with E-state index in [0.717, 1.165) is 19.3 Å². The van der Waals surface area contributed by atoms with Gasteiger partial charge in [-0.3, -0.25) is 9.36 Å². The second kappa shape index (κ2) is 17.6. The van der Waals surface area contributed by atoms with Crippen LogP contribution < -0.4 is 17.0 Å². The molecule has 0 aliphatic carbocycles. The summed E-state index contributed by atoms with van der Waals surface area (Å²) < 4.78 is 6.38. The van der Waals surface area contributed by atoms with Crippen LogP contribution >= 0.6 is 0 Å². The molecule has 6 nitrogen and oxygen atoms in total. The van der Waals surface area contributed by atoms with Gasteiger partial charge in [0.15, 0.2) is 0 Å². The van der Waals surface area contributed by atoms with Crippen LogP contribution in [0.25, 0.3) is 0 Å². The fourth-order valence-electron chi connectivity index (χ4n) is 4.14. The van der Waals surface area contributed by atoms with Crippen molar-refractivity contribution in [3.63, 3.8) is 0 Å². The highest BCUT2D eigenvalue weighted by Crippen LogP contribution is 2.16. The third-order valence-corrected chi connectivity index (χ3v) is 6.08. The van der Waals surface area contributed by atoms with Gasteiger partial charge in [-0.15, -0.1) is 0 Å². The monoisotopic (exact) mass is 449 g/mol. The first-order valence-electron chi connectivity index (χ1n) is 13.0. The number of aromatic nitrogens is 1. The van der Waals surface area contributed by atoms with Crippen molar-refractivity contribution in [1.29, 1.82) is 0 Å². The first kappa shape index (κ1) is 28.1. The van der Waals surface area contributed by atoms with Crippen molar-refractivity contribution in [2.24, 2.45) is 0 Å². The lowest BCUT2D eigenvalue weighted by atomic mass is 10.0. The van der Waals surface area contributed by atoms with Crippen molar-refractivity contribution >= 4 is 17.5 Å². The summed E-state index contributed by atoms with van der Waals surface area (Å²) >= 11 is 0. The van der Waals surface area contributed by atoms with E-state index in [4.69, 9.17) is 16.2 Å². The van der Waals surface area contributed by atoms with E-state index in [1.54, 1.807) is 6.92 Å². The fourth-order valence-corrected chi connectivity index (χ4v) is 4.14. The average molecular weight is 450 g/mol. The predicted molar refractivity (Wildman–Crippen MR) is 135 cm³/mol. The summed E-state index contributed by atoms with van der Waals surface area (Å²) in [5.74, 6) is -0.391. The van der Waals surface area contributed by atoms with Gasteiger partial charge in [-0.25, -0.2) is 4.79 Å². The molecular formula is C26H47N3O3. The lowest BCUT2D eigenvalue weighted by molar-refractivity contribution is 0.0525. The van der Waals surface area contributed by atoms with E-state index in [-0.39, 0.29) is 17.9 Å². The molecular weight excluding hydrogens is 402 g/mol. The number of nitrogens with zero attached hydrogens (tertiary/aromatic N) is 1. The number of rotatable bonds is 19. The smallest absolute Gasteiger partial charge is 0.345 e. The van der Waals surface area contributed by atoms with Crippen LogP contribution in [0.15, 0.2) is 10.9 Å². The minimum atomic E-state index is -0.685. The van der Waals surface area contributed by atoms with E-state index in [1.807, 2.05) is 0 Å². The Balaban J connectivity index is 2.12. The summed E-state index contributed by atoms with van der Waals surface area (Å²) in [5.41, 5.74) is 11.3. The highest BCUT2D eigenvalue weighted by Gasteiger charge is 2.19. The van der Waals surface area contributed by atoms with E-state index in [0.29, 0.717) is 12.4 Å². The standard InChI is InChI=1S/C26H47N3O3/c1-3-5-6-7-8-9-10-11-12-13-14-15-16-17-18-19-20-29-23(28)21-22(27)24(25(29)30)26(31)32-4-2/h21H,3-20,27-28H2,1-2H3. The van der Waals surface area contributed by atoms with Crippen molar-refractivity contribution in [3.05, 3.63) is 22.0 Å². The Morgan fingerprint density at radius 3 is 1.66 bits per heavy atom. The molecule has 0 unspecified atom stereocenters. The number of esters is 1. The molecule has 0 bridgehead atoms. The zero-order valence-corrected chi connectivity index (χ0v) is 20.6. The number of hydrogen-bond acceptors (Lipinski definition) is 5. The molecule has 0 atom stereocenters. The van der Waals surface area contributed by atoms with Crippen LogP contribution in [0.2, 0.25) is 0 Å². The molecule has 6 heteroatoms. The molecule has 0 fully saturated rings. The molecule has 4 N–H and O–H groups in total. The zero-order chi connectivity index (χ0) is 23.6. The Labute approximate surface area is 195 Å². The quantitative estimate of drug-likeness (QED) is 0.187. The summed E-state index contributed by atoms with van der Waals surface area (Å²) in [7, 11) is 0. The molecule has 0 aliphatic rings. The number of ether oxygens (including phenoxy) is 1. The van der Waals surface area contributed by atoms with E-state index in [2.05, 4.69) is 6.92 Å². The third kappa shape index (κ3) is 11.1. The van der Waals surface area contributed by atoms with Crippen LogP contribution in [-0.4, -0.2) is 17.1 Å². The van der Waals surface area contributed by atoms with Crippen molar-refractivity contribution in [1.82, 2.24) is 4.57 Å². The molecule has 1 aromatic heterocycles. The summed E-state index contributed by atoms with van der Waals surface area (Å²) in [4.78, 5) is 24.6. The maximum atomic E-state index is 12.6. The van der Waals surface area contributed by atoms with Gasteiger partial charge in [0.05, 0.1) is 12.3 Å². The lowest BCUT2D eigenvalue weighted by Gasteiger charge is -2.13. The van der Waals surface area contributed by atoms with Gasteiger partial charge in [-0.2, -0.15) is 0 Å². The third-order valence-electron chi connectivity index (χ3n) is 6.08. The number of anilines is 2. The Morgan fingerprint density at radius 2 is 1.22 bits per heavy atom. The normalized spacial score (nSPS) is 11.1. The maximum absolute atomic E-state index is 12.6. The Bertz CT molecular complexity index is 700. The van der Waals surface area contributed by atoms with Crippen molar-refractivity contribution in [3.8, 4) is 0 Å². The molecule has 1 rings (SSSR count). The van der Waals surface area contributed by atoms with Crippen LogP contribution in [0, 0.1) is 0 Å². The van der Waals surface area contributed by atoms with Crippen LogP contribution in [-0.2, 0) is 11.3 Å². The van der Waals surface area contributed by atoms with Gasteiger partial charge in [0.1, 0.15) is 11.4 Å². The van der Waals surface area contributed by atoms with Crippen molar-refractivity contribution in [2.45, 2.75) is 123 Å². The molecule has 32 heavy (non-hydrogen) atoms. The summed E-state index contributed by atoms with van der Waals surface area (Å²) in [6, 6.07) is 1.47. The molecule has 0 radical (unpaired) electrons. The van der Waals surface area contributed by atoms with Gasteiger partial charge >= 0.3 is 5.97 Å². The van der Waals surface area contributed by atoms with Gasteiger partial charge < -0.3 is 16.2 Å². The number of carbonyl (C=O) groups is 1. The number of nitrogen functional groups attached to an aromatic ring is 2. The molecule has 184 valence electrons. The first-order chi connectivity index (χ1) is 15.5. The number of hydrogen-bond donors (Lipinski definition) is 2. The average Bonchev–Trinajstić information content (AvgIpc) is 2.75. The van der Waals surface area contributed by atoms with Gasteiger partial charge in [-0.1, -0.05) is 103 Å². The van der Waals surface area contributed by atoms with Crippen LogP contribution in [0.3, 0.4) is 0 Å². The van der Waals surface area contributed by atoms with Gasteiger partial charge in [0, 0.05) is 12.6 Å². The summed E-state index contributed by atoms with van der Waals surface area (Å²) in [5, 5.41) is 0. The van der Waals surface area contributed by atoms with Crippen molar-refractivity contribution < 1.29 is 9.53 Å². The molecule has 0 amide bonds. The number of nitrogens with two attached hydrogens (primary N) is 2. The summed E-state index contributed by atoms with van der Waals surface area (Å²) in [6.45, 7) is 4.65. The largest absolute Gasteiger partial charge is 0.462 e. The summed E-state index contributed by atoms with van der Waals surface area (Å²) in [6.07, 6.45) is 20.8. The van der Waals surface area contributed by atoms with Crippen LogP contribution in [0.5, 0.6) is 0 Å². The molecule has 0 aromatic carbocycles. The lowest BCUT2D eigenvalue weighted by Crippen LogP contribution is -2.30. The number of pyridine rings is 1. The highest BCUT2D eigenvalue weighted by molar-refractivity contribution is 5.95.